The second-order valence-corrected chi connectivity index (χ2v) is 13.0. The molecule has 5 aliphatic rings. The van der Waals surface area contributed by atoms with E-state index in [9.17, 15) is 24.3 Å². The van der Waals surface area contributed by atoms with E-state index in [0.29, 0.717) is 57.7 Å². The van der Waals surface area contributed by atoms with Crippen molar-refractivity contribution in [3.8, 4) is 0 Å². The Bertz CT molecular complexity index is 1360. The fourth-order valence-electron chi connectivity index (χ4n) is 7.64. The molecule has 12 nitrogen and oxygen atoms in total. The summed E-state index contributed by atoms with van der Waals surface area (Å²) < 4.78 is 18.2. The number of hydrogen-bond acceptors (Lipinski definition) is 9. The Kier molecular flexibility index (Phi) is 10.4. The smallest absolute Gasteiger partial charge is 0.313 e. The van der Waals surface area contributed by atoms with E-state index in [0.717, 1.165) is 13.1 Å². The number of ether oxygens (including phenoxy) is 3. The van der Waals surface area contributed by atoms with Gasteiger partial charge in [-0.2, -0.15) is 0 Å². The number of benzene rings is 1. The lowest BCUT2D eigenvalue weighted by molar-refractivity contribution is -0.161. The highest BCUT2D eigenvalue weighted by Crippen LogP contribution is 2.56. The summed E-state index contributed by atoms with van der Waals surface area (Å²) in [5, 5.41) is 12.5. The molecule has 5 heterocycles. The van der Waals surface area contributed by atoms with Crippen LogP contribution >= 0.6 is 0 Å². The number of hydrogen-bond donors (Lipinski definition) is 2. The lowest BCUT2D eigenvalue weighted by Crippen LogP contribution is -2.57. The summed E-state index contributed by atoms with van der Waals surface area (Å²) in [7, 11) is 0. The molecule has 0 aromatic heterocycles. The van der Waals surface area contributed by atoms with E-state index in [1.54, 1.807) is 28.9 Å². The highest BCUT2D eigenvalue weighted by molar-refractivity contribution is 5.99. The third-order valence-electron chi connectivity index (χ3n) is 10.0. The van der Waals surface area contributed by atoms with E-state index >= 15 is 0 Å². The zero-order valence-corrected chi connectivity index (χ0v) is 27.0. The molecular weight excluding hydrogens is 604 g/mol. The van der Waals surface area contributed by atoms with Crippen molar-refractivity contribution in [2.45, 2.75) is 62.5 Å². The van der Waals surface area contributed by atoms with Crippen molar-refractivity contribution in [3.63, 3.8) is 0 Å². The molecule has 6 rings (SSSR count). The van der Waals surface area contributed by atoms with Crippen LogP contribution in [0.5, 0.6) is 0 Å². The molecule has 5 bridgehead atoms. The van der Waals surface area contributed by atoms with E-state index in [1.165, 1.54) is 0 Å². The van der Waals surface area contributed by atoms with Crippen LogP contribution in [0, 0.1) is 11.8 Å². The number of allylic oxidation sites excluding steroid dienone is 1. The summed E-state index contributed by atoms with van der Waals surface area (Å²) in [5.41, 5.74) is -0.605. The number of carbonyl (C=O) groups excluding carboxylic acids is 4. The minimum Gasteiger partial charge on any atom is -0.455 e. The Labute approximate surface area is 275 Å². The van der Waals surface area contributed by atoms with Crippen molar-refractivity contribution >= 4 is 23.7 Å². The number of carbonyl (C=O) groups is 4. The van der Waals surface area contributed by atoms with Crippen LogP contribution < -0.4 is 5.32 Å². The molecule has 254 valence electrons. The number of amides is 3. The van der Waals surface area contributed by atoms with Crippen LogP contribution in [-0.4, -0.2) is 126 Å². The number of aliphatic hydroxyl groups is 1. The topological polar surface area (TPSA) is 138 Å². The molecule has 0 aliphatic carbocycles. The zero-order chi connectivity index (χ0) is 33.0. The molecule has 47 heavy (non-hydrogen) atoms. The molecule has 1 aromatic rings. The summed E-state index contributed by atoms with van der Waals surface area (Å²) in [4.78, 5) is 61.8. The summed E-state index contributed by atoms with van der Waals surface area (Å²) in [5.74, 6) is -3.26. The lowest BCUT2D eigenvalue weighted by Gasteiger charge is -2.37. The van der Waals surface area contributed by atoms with Crippen molar-refractivity contribution in [2.75, 3.05) is 59.1 Å². The molecule has 3 saturated heterocycles. The largest absolute Gasteiger partial charge is 0.455 e. The highest BCUT2D eigenvalue weighted by Gasteiger charge is 2.73. The number of fused-ring (bicyclic) bond motifs is 2. The molecule has 0 radical (unpaired) electrons. The fraction of sp³-hybridized carbons (Fsp3) is 0.600. The molecule has 5 aliphatic heterocycles. The Morgan fingerprint density at radius 2 is 1.77 bits per heavy atom. The molecule has 3 amide bonds. The maximum absolute atomic E-state index is 14.7. The van der Waals surface area contributed by atoms with Gasteiger partial charge in [-0.1, -0.05) is 54.6 Å². The molecule has 0 unspecified atom stereocenters. The second kappa shape index (κ2) is 14.7. The number of nitrogens with one attached hydrogen (secondary N) is 1. The minimum atomic E-state index is -1.32. The minimum absolute atomic E-state index is 0.0330. The van der Waals surface area contributed by atoms with E-state index in [1.807, 2.05) is 42.5 Å². The maximum Gasteiger partial charge on any atom is 0.313 e. The van der Waals surface area contributed by atoms with Gasteiger partial charge in [0.1, 0.15) is 23.7 Å². The van der Waals surface area contributed by atoms with Crippen LogP contribution in [0.25, 0.3) is 0 Å². The van der Waals surface area contributed by atoms with Gasteiger partial charge in [0, 0.05) is 52.3 Å². The van der Waals surface area contributed by atoms with Crippen molar-refractivity contribution in [1.82, 2.24) is 20.0 Å². The monoisotopic (exact) mass is 650 g/mol. The molecule has 2 N–H and O–H groups in total. The maximum atomic E-state index is 14.7. The normalized spacial score (nSPS) is 34.0. The molecule has 7 atom stereocenters. The van der Waals surface area contributed by atoms with Crippen molar-refractivity contribution < 1.29 is 38.5 Å². The lowest BCUT2D eigenvalue weighted by atomic mass is 9.74. The second-order valence-electron chi connectivity index (χ2n) is 13.0. The van der Waals surface area contributed by atoms with Crippen LogP contribution in [-0.2, 0) is 33.4 Å². The molecular formula is C35H46N4O8. The molecule has 1 spiro atoms. The van der Waals surface area contributed by atoms with Crippen LogP contribution in [0.4, 0.5) is 0 Å². The summed E-state index contributed by atoms with van der Waals surface area (Å²) in [6, 6.07) is 7.71. The third kappa shape index (κ3) is 6.74. The van der Waals surface area contributed by atoms with Gasteiger partial charge >= 0.3 is 5.97 Å². The molecule has 12 heteroatoms. The fourth-order valence-corrected chi connectivity index (χ4v) is 7.64. The third-order valence-corrected chi connectivity index (χ3v) is 10.0. The number of unbranched alkanes of at least 4 members (excludes halogenated alkanes) is 1. The van der Waals surface area contributed by atoms with Gasteiger partial charge < -0.3 is 34.4 Å². The Morgan fingerprint density at radius 3 is 2.53 bits per heavy atom. The predicted molar refractivity (Wildman–Crippen MR) is 171 cm³/mol. The number of esters is 1. The quantitative estimate of drug-likeness (QED) is 0.242. The van der Waals surface area contributed by atoms with Gasteiger partial charge in [0.05, 0.1) is 31.3 Å². The summed E-state index contributed by atoms with van der Waals surface area (Å²) in [6.45, 7) is 6.20. The predicted octanol–water partition coefficient (Wildman–Crippen LogP) is 1.21. The number of morpholine rings is 1. The average molecular weight is 651 g/mol. The van der Waals surface area contributed by atoms with E-state index in [4.69, 9.17) is 14.2 Å². The first kappa shape index (κ1) is 33.3. The van der Waals surface area contributed by atoms with E-state index in [2.05, 4.69) is 10.2 Å². The van der Waals surface area contributed by atoms with Gasteiger partial charge in [-0.15, -0.1) is 0 Å². The van der Waals surface area contributed by atoms with E-state index < -0.39 is 47.7 Å². The van der Waals surface area contributed by atoms with Crippen molar-refractivity contribution in [2.24, 2.45) is 11.8 Å². The van der Waals surface area contributed by atoms with Gasteiger partial charge in [-0.3, -0.25) is 24.1 Å². The van der Waals surface area contributed by atoms with Gasteiger partial charge in [0.2, 0.25) is 17.7 Å². The van der Waals surface area contributed by atoms with Crippen LogP contribution in [0.2, 0.25) is 0 Å². The number of rotatable bonds is 8. The number of aliphatic hydroxyl groups excluding tert-OH is 1. The SMILES string of the molecule is C[C@@H]1NC(=O)CC/C=C\CN(CCN2CCOCC2)C(=O)[C@H]2N(CCCCO)C(=O)[C@@H]3[C@@H](C(=O)O[C@H]1c1ccccc1)[C@H]1C=C[C@]32O1. The molecule has 1 aromatic carbocycles. The average Bonchev–Trinajstić information content (AvgIpc) is 3.72. The van der Waals surface area contributed by atoms with Gasteiger partial charge in [0.15, 0.2) is 0 Å². The van der Waals surface area contributed by atoms with Crippen LogP contribution in [0.3, 0.4) is 0 Å². The standard InChI is InChI=1S/C35H46N4O8/c1-24-30(25-10-4-2-5-11-25)46-34(44)28-26-13-14-35(47-26)29(28)32(42)39(16-8-9-21-40)31(35)33(43)38(15-7-3-6-12-27(41)36-24)18-17-37-19-22-45-23-20-37/h2-5,7,10-11,13-14,24,26,28-31,40H,6,8-9,12,15-23H2,1H3,(H,36,41)/b7-3-/t24-,26+,28-,29-,30+,31+,35-/m0/s1. The number of nitrogens with zero attached hydrogens (tertiary/aromatic N) is 3. The highest BCUT2D eigenvalue weighted by atomic mass is 16.6. The van der Waals surface area contributed by atoms with Crippen molar-refractivity contribution in [3.05, 3.63) is 60.2 Å². The van der Waals surface area contributed by atoms with Gasteiger partial charge in [-0.25, -0.2) is 0 Å². The summed E-state index contributed by atoms with van der Waals surface area (Å²) in [6.07, 6.45) is 7.53. The molecule has 3 fully saturated rings. The first-order valence-electron chi connectivity index (χ1n) is 16.9. The first-order chi connectivity index (χ1) is 22.8. The Balaban J connectivity index is 1.36. The van der Waals surface area contributed by atoms with Crippen molar-refractivity contribution in [1.29, 1.82) is 0 Å². The van der Waals surface area contributed by atoms with Gasteiger partial charge in [-0.05, 0) is 31.7 Å². The van der Waals surface area contributed by atoms with E-state index in [-0.39, 0.29) is 37.3 Å². The number of cyclic esters (lactones) is 1. The molecule has 0 saturated carbocycles. The summed E-state index contributed by atoms with van der Waals surface area (Å²) >= 11 is 0. The zero-order valence-electron chi connectivity index (χ0n) is 27.0. The number of likely N-dealkylation sites (tertiary alicyclic amines) is 1. The van der Waals surface area contributed by atoms with Crippen LogP contribution in [0.15, 0.2) is 54.6 Å². The van der Waals surface area contributed by atoms with Crippen LogP contribution in [0.1, 0.15) is 44.3 Å². The first-order valence-corrected chi connectivity index (χ1v) is 16.9. The Hall–Kier alpha value is -3.58. The van der Waals surface area contributed by atoms with Gasteiger partial charge in [0.25, 0.3) is 0 Å². The Morgan fingerprint density at radius 1 is 0.979 bits per heavy atom.